The molecule has 0 unspecified atom stereocenters. The van der Waals surface area contributed by atoms with Crippen LogP contribution in [-0.2, 0) is 0 Å². The summed E-state index contributed by atoms with van der Waals surface area (Å²) in [5.74, 6) is 0. The zero-order valence-electron chi connectivity index (χ0n) is 7.14. The summed E-state index contributed by atoms with van der Waals surface area (Å²) in [6.07, 6.45) is 1.89. The fourth-order valence-corrected chi connectivity index (χ4v) is 1.26. The lowest BCUT2D eigenvalue weighted by Gasteiger charge is -2.04. The van der Waals surface area contributed by atoms with Gasteiger partial charge in [-0.2, -0.15) is 0 Å². The van der Waals surface area contributed by atoms with E-state index in [-0.39, 0.29) is 0 Å². The van der Waals surface area contributed by atoms with Crippen LogP contribution in [-0.4, -0.2) is 4.57 Å². The first kappa shape index (κ1) is 7.80. The number of benzene rings is 1. The van der Waals surface area contributed by atoms with Gasteiger partial charge in [-0.1, -0.05) is 24.3 Å². The van der Waals surface area contributed by atoms with E-state index in [4.69, 9.17) is 5.41 Å². The van der Waals surface area contributed by atoms with E-state index in [1.807, 2.05) is 53.2 Å². The quantitative estimate of drug-likeness (QED) is 0.677. The van der Waals surface area contributed by atoms with Crippen molar-refractivity contribution in [2.24, 2.45) is 0 Å². The summed E-state index contributed by atoms with van der Waals surface area (Å²) in [5, 5.41) is 7.67. The van der Waals surface area contributed by atoms with Crippen molar-refractivity contribution in [1.82, 2.24) is 4.57 Å². The van der Waals surface area contributed by atoms with Gasteiger partial charge in [0, 0.05) is 11.9 Å². The number of hydrogen-bond acceptors (Lipinski definition) is 1. The number of pyridine rings is 1. The number of nitrogens with one attached hydrogen (secondary N) is 1. The fourth-order valence-electron chi connectivity index (χ4n) is 1.26. The predicted molar refractivity (Wildman–Crippen MR) is 51.6 cm³/mol. The molecule has 1 aromatic heterocycles. The first-order chi connectivity index (χ1) is 6.38. The molecule has 0 saturated carbocycles. The van der Waals surface area contributed by atoms with Crippen LogP contribution in [0.4, 0.5) is 0 Å². The van der Waals surface area contributed by atoms with E-state index in [1.165, 1.54) is 0 Å². The van der Waals surface area contributed by atoms with E-state index in [9.17, 15) is 0 Å². The second-order valence-corrected chi connectivity index (χ2v) is 2.79. The summed E-state index contributed by atoms with van der Waals surface area (Å²) in [6.45, 7) is 0. The maximum absolute atomic E-state index is 7.67. The minimum atomic E-state index is 0.494. The van der Waals surface area contributed by atoms with Crippen molar-refractivity contribution in [3.8, 4) is 5.69 Å². The van der Waals surface area contributed by atoms with Gasteiger partial charge >= 0.3 is 0 Å². The summed E-state index contributed by atoms with van der Waals surface area (Å²) in [4.78, 5) is 0. The lowest BCUT2D eigenvalue weighted by molar-refractivity contribution is 0.925. The SMILES string of the molecule is N=c1ccccn1-c1ccccc1. The largest absolute Gasteiger partial charge is 0.302 e. The van der Waals surface area contributed by atoms with Crippen molar-refractivity contribution >= 4 is 0 Å². The Labute approximate surface area is 76.6 Å². The van der Waals surface area contributed by atoms with E-state index in [1.54, 1.807) is 6.07 Å². The lowest BCUT2D eigenvalue weighted by Crippen LogP contribution is -2.15. The van der Waals surface area contributed by atoms with Crippen LogP contribution >= 0.6 is 0 Å². The highest BCUT2D eigenvalue weighted by atomic mass is 15.0. The molecule has 0 radical (unpaired) electrons. The zero-order chi connectivity index (χ0) is 9.10. The Hall–Kier alpha value is -1.83. The third kappa shape index (κ3) is 1.51. The molecule has 2 aromatic rings. The van der Waals surface area contributed by atoms with Crippen molar-refractivity contribution in [3.05, 3.63) is 60.2 Å². The van der Waals surface area contributed by atoms with Crippen LogP contribution in [0.25, 0.3) is 5.69 Å². The molecule has 0 saturated heterocycles. The molecule has 64 valence electrons. The van der Waals surface area contributed by atoms with E-state index in [0.717, 1.165) is 5.69 Å². The average molecular weight is 170 g/mol. The number of hydrogen-bond donors (Lipinski definition) is 1. The third-order valence-corrected chi connectivity index (χ3v) is 1.89. The minimum Gasteiger partial charge on any atom is -0.302 e. The van der Waals surface area contributed by atoms with Crippen molar-refractivity contribution in [3.63, 3.8) is 0 Å². The summed E-state index contributed by atoms with van der Waals surface area (Å²) in [7, 11) is 0. The minimum absolute atomic E-state index is 0.494. The predicted octanol–water partition coefficient (Wildman–Crippen LogP) is 1.96. The van der Waals surface area contributed by atoms with Gasteiger partial charge in [0.1, 0.15) is 5.49 Å². The molecule has 0 aliphatic heterocycles. The van der Waals surface area contributed by atoms with Gasteiger partial charge in [-0.3, -0.25) is 5.41 Å². The molecule has 1 N–H and O–H groups in total. The van der Waals surface area contributed by atoms with Crippen molar-refractivity contribution in [1.29, 1.82) is 5.41 Å². The standard InChI is InChI=1S/C11H10N2/c12-11-8-4-5-9-13(11)10-6-2-1-3-7-10/h1-9,12H. The van der Waals surface area contributed by atoms with Crippen LogP contribution in [0.15, 0.2) is 54.7 Å². The summed E-state index contributed by atoms with van der Waals surface area (Å²) in [6, 6.07) is 15.4. The molecule has 13 heavy (non-hydrogen) atoms. The average Bonchev–Trinajstić information content (AvgIpc) is 2.20. The molecule has 1 aromatic carbocycles. The summed E-state index contributed by atoms with van der Waals surface area (Å²) >= 11 is 0. The Balaban J connectivity index is 2.60. The number of nitrogens with zero attached hydrogens (tertiary/aromatic N) is 1. The number of rotatable bonds is 1. The molecular weight excluding hydrogens is 160 g/mol. The Morgan fingerprint density at radius 1 is 0.846 bits per heavy atom. The van der Waals surface area contributed by atoms with E-state index in [2.05, 4.69) is 0 Å². The highest BCUT2D eigenvalue weighted by Gasteiger charge is 1.92. The van der Waals surface area contributed by atoms with Gasteiger partial charge in [0.05, 0.1) is 0 Å². The number of aromatic nitrogens is 1. The molecule has 0 aliphatic rings. The van der Waals surface area contributed by atoms with Gasteiger partial charge in [-0.25, -0.2) is 0 Å². The highest BCUT2D eigenvalue weighted by Crippen LogP contribution is 2.02. The number of para-hydroxylation sites is 1. The Bertz CT molecular complexity index is 443. The smallest absolute Gasteiger partial charge is 0.129 e. The van der Waals surface area contributed by atoms with Crippen molar-refractivity contribution in [2.75, 3.05) is 0 Å². The molecular formula is C11H10N2. The zero-order valence-corrected chi connectivity index (χ0v) is 7.14. The van der Waals surface area contributed by atoms with E-state index >= 15 is 0 Å². The monoisotopic (exact) mass is 170 g/mol. The fraction of sp³-hybridized carbons (Fsp3) is 0. The second kappa shape index (κ2) is 3.27. The van der Waals surface area contributed by atoms with Gasteiger partial charge in [0.2, 0.25) is 0 Å². The molecule has 0 bridgehead atoms. The topological polar surface area (TPSA) is 28.8 Å². The second-order valence-electron chi connectivity index (χ2n) is 2.79. The van der Waals surface area contributed by atoms with Crippen LogP contribution in [0.1, 0.15) is 0 Å². The van der Waals surface area contributed by atoms with Crippen LogP contribution in [0.5, 0.6) is 0 Å². The van der Waals surface area contributed by atoms with Crippen LogP contribution in [0.3, 0.4) is 0 Å². The van der Waals surface area contributed by atoms with E-state index in [0.29, 0.717) is 5.49 Å². The Morgan fingerprint density at radius 3 is 2.23 bits per heavy atom. The molecule has 2 rings (SSSR count). The van der Waals surface area contributed by atoms with E-state index < -0.39 is 0 Å². The molecule has 0 fully saturated rings. The van der Waals surface area contributed by atoms with Gasteiger partial charge in [0.15, 0.2) is 0 Å². The summed E-state index contributed by atoms with van der Waals surface area (Å²) < 4.78 is 1.83. The molecule has 0 atom stereocenters. The molecule has 0 amide bonds. The molecule has 0 aliphatic carbocycles. The molecule has 2 nitrogen and oxygen atoms in total. The normalized spacial score (nSPS) is 9.85. The third-order valence-electron chi connectivity index (χ3n) is 1.89. The summed E-state index contributed by atoms with van der Waals surface area (Å²) in [5.41, 5.74) is 1.52. The van der Waals surface area contributed by atoms with Crippen LogP contribution in [0, 0.1) is 5.41 Å². The maximum Gasteiger partial charge on any atom is 0.129 e. The maximum atomic E-state index is 7.67. The molecule has 1 heterocycles. The highest BCUT2D eigenvalue weighted by molar-refractivity contribution is 5.31. The van der Waals surface area contributed by atoms with Gasteiger partial charge < -0.3 is 4.57 Å². The Morgan fingerprint density at radius 2 is 1.54 bits per heavy atom. The Kier molecular flexibility index (Phi) is 1.96. The lowest BCUT2D eigenvalue weighted by atomic mass is 10.3. The van der Waals surface area contributed by atoms with Crippen molar-refractivity contribution in [2.45, 2.75) is 0 Å². The first-order valence-electron chi connectivity index (χ1n) is 4.15. The van der Waals surface area contributed by atoms with Gasteiger partial charge in [-0.15, -0.1) is 0 Å². The molecule has 0 spiro atoms. The van der Waals surface area contributed by atoms with Crippen molar-refractivity contribution < 1.29 is 0 Å². The first-order valence-corrected chi connectivity index (χ1v) is 4.15. The van der Waals surface area contributed by atoms with Crippen LogP contribution in [0.2, 0.25) is 0 Å². The van der Waals surface area contributed by atoms with Gasteiger partial charge in [0.25, 0.3) is 0 Å². The molecule has 2 heteroatoms. The van der Waals surface area contributed by atoms with Crippen LogP contribution < -0.4 is 5.49 Å². The van der Waals surface area contributed by atoms with Gasteiger partial charge in [-0.05, 0) is 24.3 Å².